The molecule has 0 atom stereocenters. The summed E-state index contributed by atoms with van der Waals surface area (Å²) in [6.45, 7) is 0. The lowest BCUT2D eigenvalue weighted by Crippen LogP contribution is -2.03. The van der Waals surface area contributed by atoms with Crippen LogP contribution in [-0.2, 0) is 0 Å². The Kier molecular flexibility index (Phi) is 6.29. The first-order valence-corrected chi connectivity index (χ1v) is 20.1. The monoisotopic (exact) mass is 743 g/mol. The van der Waals surface area contributed by atoms with E-state index < -0.39 is 0 Å². The summed E-state index contributed by atoms with van der Waals surface area (Å²) in [6.07, 6.45) is 0. The van der Waals surface area contributed by atoms with Crippen LogP contribution in [0.2, 0.25) is 0 Å². The van der Waals surface area contributed by atoms with Gasteiger partial charge >= 0.3 is 0 Å². The zero-order chi connectivity index (χ0) is 37.2. The Morgan fingerprint density at radius 1 is 0.439 bits per heavy atom. The third-order valence-electron chi connectivity index (χ3n) is 11.8. The molecule has 13 rings (SSSR count). The molecule has 0 saturated heterocycles. The third-order valence-corrected chi connectivity index (χ3v) is 12.9. The van der Waals surface area contributed by atoms with Crippen molar-refractivity contribution in [3.8, 4) is 28.3 Å². The first-order valence-electron chi connectivity index (χ1n) is 19.2. The van der Waals surface area contributed by atoms with Crippen LogP contribution >= 0.6 is 11.3 Å². The van der Waals surface area contributed by atoms with Gasteiger partial charge in [0.2, 0.25) is 5.95 Å². The molecule has 57 heavy (non-hydrogen) atoms. The second-order valence-corrected chi connectivity index (χ2v) is 15.9. The Labute approximate surface area is 329 Å². The Morgan fingerprint density at radius 2 is 1.18 bits per heavy atom. The number of thiophene rings is 1. The molecular weight excluding hydrogens is 715 g/mol. The number of furan rings is 1. The molecule has 0 spiro atoms. The van der Waals surface area contributed by atoms with Gasteiger partial charge in [0, 0.05) is 47.3 Å². The van der Waals surface area contributed by atoms with E-state index in [0.717, 1.165) is 71.5 Å². The van der Waals surface area contributed by atoms with E-state index in [1.165, 1.54) is 47.3 Å². The highest BCUT2D eigenvalue weighted by atomic mass is 32.1. The minimum absolute atomic E-state index is 0.629. The number of para-hydroxylation sites is 2. The van der Waals surface area contributed by atoms with Crippen LogP contribution in [0.15, 0.2) is 180 Å². The van der Waals surface area contributed by atoms with Crippen LogP contribution < -0.4 is 0 Å². The van der Waals surface area contributed by atoms with Crippen molar-refractivity contribution in [3.05, 3.63) is 176 Å². The molecule has 0 bridgehead atoms. The molecule has 0 saturated carbocycles. The molecule has 0 aliphatic carbocycles. The fraction of sp³-hybridized carbons (Fsp3) is 0. The molecule has 13 aromatic rings. The smallest absolute Gasteiger partial charge is 0.235 e. The van der Waals surface area contributed by atoms with Crippen LogP contribution in [0.25, 0.3) is 125 Å². The maximum Gasteiger partial charge on any atom is 0.235 e. The summed E-state index contributed by atoms with van der Waals surface area (Å²) >= 11 is 1.84. The zero-order valence-electron chi connectivity index (χ0n) is 30.4. The minimum atomic E-state index is 0.629. The molecule has 0 aliphatic rings. The number of rotatable bonds is 3. The molecule has 0 unspecified atom stereocenters. The average molecular weight is 744 g/mol. The zero-order valence-corrected chi connectivity index (χ0v) is 31.2. The van der Waals surface area contributed by atoms with Gasteiger partial charge in [0.05, 0.1) is 27.6 Å². The van der Waals surface area contributed by atoms with Crippen LogP contribution in [0.1, 0.15) is 0 Å². The van der Waals surface area contributed by atoms with Crippen molar-refractivity contribution < 1.29 is 4.42 Å². The van der Waals surface area contributed by atoms with Gasteiger partial charge in [-0.3, -0.25) is 4.57 Å². The van der Waals surface area contributed by atoms with Gasteiger partial charge in [0.15, 0.2) is 0 Å². The molecule has 9 aromatic carbocycles. The maximum absolute atomic E-state index is 7.00. The molecule has 0 amide bonds. The third kappa shape index (κ3) is 4.37. The molecule has 264 valence electrons. The Bertz CT molecular complexity index is 3820. The van der Waals surface area contributed by atoms with E-state index in [-0.39, 0.29) is 0 Å². The quantitative estimate of drug-likeness (QED) is 0.181. The Hall–Kier alpha value is -7.34. The average Bonchev–Trinajstić information content (AvgIpc) is 3.95. The lowest BCUT2D eigenvalue weighted by atomic mass is 9.95. The number of benzene rings is 9. The first-order chi connectivity index (χ1) is 28.3. The van der Waals surface area contributed by atoms with Crippen molar-refractivity contribution in [3.63, 3.8) is 0 Å². The highest BCUT2D eigenvalue weighted by Crippen LogP contribution is 2.45. The van der Waals surface area contributed by atoms with Crippen molar-refractivity contribution >= 4 is 108 Å². The molecule has 4 aromatic heterocycles. The van der Waals surface area contributed by atoms with Crippen LogP contribution in [0, 0.1) is 0 Å². The number of nitrogens with zero attached hydrogens (tertiary/aromatic N) is 3. The van der Waals surface area contributed by atoms with Gasteiger partial charge in [-0.05, 0) is 75.1 Å². The summed E-state index contributed by atoms with van der Waals surface area (Å²) in [6, 6.07) is 62.8. The first kappa shape index (κ1) is 30.9. The predicted molar refractivity (Wildman–Crippen MR) is 240 cm³/mol. The molecular formula is C52H29N3OS. The summed E-state index contributed by atoms with van der Waals surface area (Å²) in [5, 5.41) is 12.9. The van der Waals surface area contributed by atoms with E-state index in [1.54, 1.807) is 0 Å². The van der Waals surface area contributed by atoms with Crippen molar-refractivity contribution in [2.75, 3.05) is 0 Å². The van der Waals surface area contributed by atoms with E-state index in [2.05, 4.69) is 180 Å². The van der Waals surface area contributed by atoms with E-state index in [0.29, 0.717) is 5.95 Å². The molecule has 4 nitrogen and oxygen atoms in total. The van der Waals surface area contributed by atoms with Crippen molar-refractivity contribution in [2.24, 2.45) is 0 Å². The van der Waals surface area contributed by atoms with E-state index >= 15 is 0 Å². The topological polar surface area (TPSA) is 43.9 Å². The maximum atomic E-state index is 7.00. The lowest BCUT2D eigenvalue weighted by molar-refractivity contribution is 0.673. The molecule has 0 aliphatic heterocycles. The van der Waals surface area contributed by atoms with Gasteiger partial charge in [-0.2, -0.15) is 0 Å². The van der Waals surface area contributed by atoms with Crippen LogP contribution in [0.5, 0.6) is 0 Å². The fourth-order valence-corrected chi connectivity index (χ4v) is 10.5. The van der Waals surface area contributed by atoms with E-state index in [4.69, 9.17) is 14.4 Å². The SMILES string of the molecule is c1ccc(-c2cc3oc4c(ccc5c4c4ccccc4n5-c4nc(-c5ccc6c(c5)sc5ccc7ccccc7c56)c5ccccc5n4)c3c3ccccc23)cc1. The van der Waals surface area contributed by atoms with Gasteiger partial charge < -0.3 is 4.42 Å². The van der Waals surface area contributed by atoms with Crippen LogP contribution in [0.3, 0.4) is 0 Å². The highest BCUT2D eigenvalue weighted by molar-refractivity contribution is 7.26. The minimum Gasteiger partial charge on any atom is -0.455 e. The van der Waals surface area contributed by atoms with Crippen LogP contribution in [-0.4, -0.2) is 14.5 Å². The summed E-state index contributed by atoms with van der Waals surface area (Å²) < 4.78 is 11.7. The Balaban J connectivity index is 1.07. The van der Waals surface area contributed by atoms with Gasteiger partial charge in [0.25, 0.3) is 0 Å². The lowest BCUT2D eigenvalue weighted by Gasteiger charge is -2.12. The van der Waals surface area contributed by atoms with E-state index in [1.807, 2.05) is 11.3 Å². The second kappa shape index (κ2) is 11.6. The number of hydrogen-bond donors (Lipinski definition) is 0. The normalized spacial score (nSPS) is 12.2. The highest BCUT2D eigenvalue weighted by Gasteiger charge is 2.23. The van der Waals surface area contributed by atoms with Crippen molar-refractivity contribution in [2.45, 2.75) is 0 Å². The fourth-order valence-electron chi connectivity index (χ4n) is 9.30. The van der Waals surface area contributed by atoms with Crippen molar-refractivity contribution in [1.29, 1.82) is 0 Å². The van der Waals surface area contributed by atoms with Crippen LogP contribution in [0.4, 0.5) is 0 Å². The number of hydrogen-bond acceptors (Lipinski definition) is 4. The van der Waals surface area contributed by atoms with Gasteiger partial charge in [-0.15, -0.1) is 11.3 Å². The summed E-state index contributed by atoms with van der Waals surface area (Å²) in [4.78, 5) is 10.7. The molecule has 0 fully saturated rings. The number of fused-ring (bicyclic) bond motifs is 15. The summed E-state index contributed by atoms with van der Waals surface area (Å²) in [7, 11) is 0. The van der Waals surface area contributed by atoms with Gasteiger partial charge in [-0.25, -0.2) is 9.97 Å². The summed E-state index contributed by atoms with van der Waals surface area (Å²) in [5.74, 6) is 0.629. The van der Waals surface area contributed by atoms with Gasteiger partial charge in [-0.1, -0.05) is 133 Å². The molecule has 0 radical (unpaired) electrons. The summed E-state index contributed by atoms with van der Waals surface area (Å²) in [5.41, 5.74) is 8.99. The largest absolute Gasteiger partial charge is 0.455 e. The standard InChI is InChI=1S/C52H29N3OS/c1-2-12-30(13-3-1)40-29-44-47(35-17-7-6-16-34(35)40)39-25-26-43-49(51(39)56-44)37-19-9-11-21-42(37)55(43)52-53-41-20-10-8-18-36(41)50(54-52)32-22-24-38-46(28-32)57-45-27-23-31-14-4-5-15-33(31)48(38)45/h1-29H. The second-order valence-electron chi connectivity index (χ2n) is 14.9. The Morgan fingerprint density at radius 3 is 2.07 bits per heavy atom. The molecule has 0 N–H and O–H groups in total. The predicted octanol–water partition coefficient (Wildman–Crippen LogP) is 14.6. The number of aromatic nitrogens is 3. The van der Waals surface area contributed by atoms with Gasteiger partial charge in [0.1, 0.15) is 11.2 Å². The van der Waals surface area contributed by atoms with E-state index in [9.17, 15) is 0 Å². The molecule has 5 heteroatoms. The molecule has 4 heterocycles. The van der Waals surface area contributed by atoms with Crippen molar-refractivity contribution in [1.82, 2.24) is 14.5 Å².